The summed E-state index contributed by atoms with van der Waals surface area (Å²) in [5.41, 5.74) is -0.542. The molecule has 0 aliphatic heterocycles. The van der Waals surface area contributed by atoms with Crippen LogP contribution in [0.5, 0.6) is 0 Å². The zero-order valence-corrected chi connectivity index (χ0v) is 13.1. The van der Waals surface area contributed by atoms with Gasteiger partial charge in [-0.2, -0.15) is 0 Å². The minimum Gasteiger partial charge on any atom is -0.388 e. The van der Waals surface area contributed by atoms with Gasteiger partial charge in [0.2, 0.25) is 5.56 Å². The number of anilines is 1. The number of amides is 2. The van der Waals surface area contributed by atoms with Gasteiger partial charge < -0.3 is 20.3 Å². The van der Waals surface area contributed by atoms with Crippen LogP contribution in [0, 0.1) is 5.92 Å². The van der Waals surface area contributed by atoms with Crippen LogP contribution in [0.15, 0.2) is 23.1 Å². The molecule has 0 fully saturated rings. The van der Waals surface area contributed by atoms with Gasteiger partial charge in [-0.05, 0) is 31.7 Å². The summed E-state index contributed by atoms with van der Waals surface area (Å²) in [7, 11) is 1.61. The SMILES string of the molecule is CC(C)CCC(C)(O)CNC(=O)Nc1ccc(=O)n(C)c1. The first-order chi connectivity index (χ1) is 9.69. The third-order valence-corrected chi connectivity index (χ3v) is 3.23. The highest BCUT2D eigenvalue weighted by Crippen LogP contribution is 2.15. The van der Waals surface area contributed by atoms with Crippen LogP contribution in [0.2, 0.25) is 0 Å². The van der Waals surface area contributed by atoms with Gasteiger partial charge in [-0.1, -0.05) is 13.8 Å². The molecular weight excluding hydrogens is 270 g/mol. The molecule has 1 atom stereocenters. The van der Waals surface area contributed by atoms with E-state index in [0.29, 0.717) is 18.0 Å². The summed E-state index contributed by atoms with van der Waals surface area (Å²) >= 11 is 0. The minimum absolute atomic E-state index is 0.141. The number of nitrogens with zero attached hydrogens (tertiary/aromatic N) is 1. The summed E-state index contributed by atoms with van der Waals surface area (Å²) in [6.07, 6.45) is 3.07. The monoisotopic (exact) mass is 295 g/mol. The van der Waals surface area contributed by atoms with E-state index in [4.69, 9.17) is 0 Å². The van der Waals surface area contributed by atoms with Crippen LogP contribution in [0.1, 0.15) is 33.6 Å². The van der Waals surface area contributed by atoms with Gasteiger partial charge in [-0.25, -0.2) is 4.79 Å². The topological polar surface area (TPSA) is 83.4 Å². The fourth-order valence-electron chi connectivity index (χ4n) is 1.80. The van der Waals surface area contributed by atoms with E-state index in [2.05, 4.69) is 24.5 Å². The van der Waals surface area contributed by atoms with E-state index >= 15 is 0 Å². The van der Waals surface area contributed by atoms with E-state index in [9.17, 15) is 14.7 Å². The number of carbonyl (C=O) groups excluding carboxylic acids is 1. The van der Waals surface area contributed by atoms with Crippen molar-refractivity contribution < 1.29 is 9.90 Å². The number of aromatic nitrogens is 1. The largest absolute Gasteiger partial charge is 0.388 e. The van der Waals surface area contributed by atoms with Crippen molar-refractivity contribution in [1.82, 2.24) is 9.88 Å². The molecule has 1 unspecified atom stereocenters. The maximum atomic E-state index is 11.8. The van der Waals surface area contributed by atoms with E-state index in [0.717, 1.165) is 6.42 Å². The molecule has 0 saturated carbocycles. The van der Waals surface area contributed by atoms with E-state index in [1.807, 2.05) is 0 Å². The number of aryl methyl sites for hydroxylation is 1. The van der Waals surface area contributed by atoms with Crippen molar-refractivity contribution >= 4 is 11.7 Å². The number of hydrogen-bond donors (Lipinski definition) is 3. The molecule has 2 amide bonds. The van der Waals surface area contributed by atoms with Gasteiger partial charge in [-0.3, -0.25) is 4.79 Å². The third-order valence-electron chi connectivity index (χ3n) is 3.23. The summed E-state index contributed by atoms with van der Waals surface area (Å²) < 4.78 is 1.38. The summed E-state index contributed by atoms with van der Waals surface area (Å²) in [4.78, 5) is 23.0. The molecule has 0 aliphatic rings. The molecule has 0 bridgehead atoms. The Hall–Kier alpha value is -1.82. The van der Waals surface area contributed by atoms with Crippen molar-refractivity contribution in [2.24, 2.45) is 13.0 Å². The average Bonchev–Trinajstić information content (AvgIpc) is 2.39. The van der Waals surface area contributed by atoms with Gasteiger partial charge in [0.25, 0.3) is 0 Å². The van der Waals surface area contributed by atoms with Crippen LogP contribution < -0.4 is 16.2 Å². The lowest BCUT2D eigenvalue weighted by Crippen LogP contribution is -2.42. The predicted molar refractivity (Wildman–Crippen MR) is 83.4 cm³/mol. The molecule has 1 aromatic rings. The molecule has 1 aromatic heterocycles. The van der Waals surface area contributed by atoms with Crippen LogP contribution in [0.4, 0.5) is 10.5 Å². The molecular formula is C15H25N3O3. The van der Waals surface area contributed by atoms with Crippen LogP contribution in [-0.4, -0.2) is 27.9 Å². The van der Waals surface area contributed by atoms with E-state index < -0.39 is 11.6 Å². The predicted octanol–water partition coefficient (Wildman–Crippen LogP) is 1.69. The molecule has 118 valence electrons. The molecule has 0 aromatic carbocycles. The van der Waals surface area contributed by atoms with Crippen LogP contribution in [0.3, 0.4) is 0 Å². The molecule has 1 heterocycles. The quantitative estimate of drug-likeness (QED) is 0.747. The van der Waals surface area contributed by atoms with Crippen LogP contribution in [0.25, 0.3) is 0 Å². The summed E-state index contributed by atoms with van der Waals surface area (Å²) in [6.45, 7) is 6.07. The van der Waals surface area contributed by atoms with Crippen molar-refractivity contribution in [2.75, 3.05) is 11.9 Å². The Bertz CT molecular complexity index is 535. The van der Waals surface area contributed by atoms with E-state index in [-0.39, 0.29) is 12.1 Å². The second kappa shape index (κ2) is 7.26. The number of nitrogens with one attached hydrogen (secondary N) is 2. The lowest BCUT2D eigenvalue weighted by Gasteiger charge is -2.24. The summed E-state index contributed by atoms with van der Waals surface area (Å²) in [5, 5.41) is 15.4. The molecule has 0 aliphatic carbocycles. The Morgan fingerprint density at radius 3 is 2.67 bits per heavy atom. The fraction of sp³-hybridized carbons (Fsp3) is 0.600. The molecule has 6 heteroatoms. The Balaban J connectivity index is 2.46. The molecule has 0 spiro atoms. The number of pyridine rings is 1. The van der Waals surface area contributed by atoms with Crippen LogP contribution in [-0.2, 0) is 7.05 Å². The Labute approximate surface area is 125 Å². The maximum absolute atomic E-state index is 11.8. The van der Waals surface area contributed by atoms with Gasteiger partial charge in [0.15, 0.2) is 0 Å². The zero-order chi connectivity index (χ0) is 16.0. The molecule has 0 saturated heterocycles. The second-order valence-electron chi connectivity index (χ2n) is 6.10. The standard InChI is InChI=1S/C15H25N3O3/c1-11(2)7-8-15(3,21)10-16-14(20)17-12-5-6-13(19)18(4)9-12/h5-6,9,11,21H,7-8,10H2,1-4H3,(H2,16,17,20). The Kier molecular flexibility index (Phi) is 5.96. The first-order valence-corrected chi connectivity index (χ1v) is 7.13. The van der Waals surface area contributed by atoms with Crippen molar-refractivity contribution in [3.05, 3.63) is 28.7 Å². The number of carbonyl (C=O) groups is 1. The number of urea groups is 1. The molecule has 6 nitrogen and oxygen atoms in total. The highest BCUT2D eigenvalue weighted by molar-refractivity contribution is 5.89. The maximum Gasteiger partial charge on any atom is 0.319 e. The first kappa shape index (κ1) is 17.2. The van der Waals surface area contributed by atoms with Crippen molar-refractivity contribution in [1.29, 1.82) is 0 Å². The van der Waals surface area contributed by atoms with Gasteiger partial charge >= 0.3 is 6.03 Å². The van der Waals surface area contributed by atoms with E-state index in [1.54, 1.807) is 26.2 Å². The number of rotatable bonds is 6. The number of aliphatic hydroxyl groups is 1. The highest BCUT2D eigenvalue weighted by atomic mass is 16.3. The number of hydrogen-bond acceptors (Lipinski definition) is 3. The lowest BCUT2D eigenvalue weighted by molar-refractivity contribution is 0.0481. The van der Waals surface area contributed by atoms with Crippen molar-refractivity contribution in [3.63, 3.8) is 0 Å². The summed E-state index contributed by atoms with van der Waals surface area (Å²) in [5.74, 6) is 0.510. The van der Waals surface area contributed by atoms with Crippen LogP contribution >= 0.6 is 0 Å². The smallest absolute Gasteiger partial charge is 0.319 e. The average molecular weight is 295 g/mol. The van der Waals surface area contributed by atoms with Gasteiger partial charge in [0.1, 0.15) is 0 Å². The van der Waals surface area contributed by atoms with E-state index in [1.165, 1.54) is 10.6 Å². The van der Waals surface area contributed by atoms with Crippen molar-refractivity contribution in [3.8, 4) is 0 Å². The zero-order valence-electron chi connectivity index (χ0n) is 13.1. The molecule has 1 rings (SSSR count). The fourth-order valence-corrected chi connectivity index (χ4v) is 1.80. The first-order valence-electron chi connectivity index (χ1n) is 7.13. The Morgan fingerprint density at radius 1 is 1.43 bits per heavy atom. The minimum atomic E-state index is -0.925. The molecule has 21 heavy (non-hydrogen) atoms. The van der Waals surface area contributed by atoms with Gasteiger partial charge in [0.05, 0.1) is 11.3 Å². The van der Waals surface area contributed by atoms with Gasteiger partial charge in [0, 0.05) is 25.9 Å². The van der Waals surface area contributed by atoms with Gasteiger partial charge in [-0.15, -0.1) is 0 Å². The summed E-state index contributed by atoms with van der Waals surface area (Å²) in [6, 6.07) is 2.52. The van der Waals surface area contributed by atoms with Crippen molar-refractivity contribution in [2.45, 2.75) is 39.2 Å². The third kappa shape index (κ3) is 6.44. The second-order valence-corrected chi connectivity index (χ2v) is 6.10. The lowest BCUT2D eigenvalue weighted by atomic mass is 9.95. The molecule has 3 N–H and O–H groups in total. The highest BCUT2D eigenvalue weighted by Gasteiger charge is 2.21. The Morgan fingerprint density at radius 2 is 2.10 bits per heavy atom. The molecule has 0 radical (unpaired) electrons. The normalized spacial score (nSPS) is 13.8.